The quantitative estimate of drug-likeness (QED) is 0.315. The maximum atomic E-state index is 6.48. The van der Waals surface area contributed by atoms with Crippen LogP contribution in [0.15, 0.2) is 79.4 Å². The van der Waals surface area contributed by atoms with Gasteiger partial charge < -0.3 is 14.2 Å². The molecule has 0 saturated heterocycles. The fourth-order valence-electron chi connectivity index (χ4n) is 5.10. The van der Waals surface area contributed by atoms with Gasteiger partial charge in [-0.1, -0.05) is 24.3 Å². The van der Waals surface area contributed by atoms with Crippen molar-refractivity contribution >= 4 is 5.65 Å². The van der Waals surface area contributed by atoms with Crippen LogP contribution in [0.25, 0.3) is 22.7 Å². The van der Waals surface area contributed by atoms with E-state index in [0.717, 1.165) is 33.6 Å². The second-order valence-electron chi connectivity index (χ2n) is 9.11. The van der Waals surface area contributed by atoms with Crippen molar-refractivity contribution in [2.24, 2.45) is 0 Å². The zero-order chi connectivity index (χ0) is 26.5. The van der Waals surface area contributed by atoms with E-state index in [0.29, 0.717) is 34.7 Å². The Kier molecular flexibility index (Phi) is 5.25. The van der Waals surface area contributed by atoms with Crippen LogP contribution in [0, 0.1) is 6.92 Å². The van der Waals surface area contributed by atoms with Gasteiger partial charge in [-0.15, -0.1) is 5.10 Å². The molecule has 5 heterocycles. The Bertz CT molecular complexity index is 1830. The Hall–Kier alpha value is -5.25. The number of ether oxygens (including phenoxy) is 3. The Balaban J connectivity index is 1.45. The first-order valence-electron chi connectivity index (χ1n) is 12.4. The van der Waals surface area contributed by atoms with E-state index in [1.807, 2.05) is 78.5 Å². The Morgan fingerprint density at radius 2 is 1.74 bits per heavy atom. The molecular formula is C29H23N7O3. The van der Waals surface area contributed by atoms with Crippen LogP contribution >= 0.6 is 0 Å². The number of benzene rings is 2. The number of hydrogen-bond donors (Lipinski definition) is 0. The van der Waals surface area contributed by atoms with Gasteiger partial charge in [0.05, 0.1) is 42.6 Å². The van der Waals surface area contributed by atoms with Crippen LogP contribution in [0.4, 0.5) is 0 Å². The van der Waals surface area contributed by atoms with Crippen LogP contribution in [0.1, 0.15) is 28.3 Å². The van der Waals surface area contributed by atoms with Crippen molar-refractivity contribution in [2.45, 2.75) is 12.8 Å². The van der Waals surface area contributed by atoms with E-state index in [2.05, 4.69) is 9.97 Å². The third-order valence-corrected chi connectivity index (χ3v) is 6.88. The van der Waals surface area contributed by atoms with E-state index in [1.54, 1.807) is 31.3 Å². The number of hydrogen-bond acceptors (Lipinski definition) is 8. The first-order valence-corrected chi connectivity index (χ1v) is 12.4. The molecule has 0 N–H and O–H groups in total. The summed E-state index contributed by atoms with van der Waals surface area (Å²) in [7, 11) is 3.21. The minimum atomic E-state index is -0.270. The Morgan fingerprint density at radius 1 is 0.897 bits per heavy atom. The molecule has 0 amide bonds. The van der Waals surface area contributed by atoms with E-state index in [4.69, 9.17) is 29.4 Å². The molecule has 1 aliphatic heterocycles. The molecule has 6 aromatic rings. The molecular weight excluding hydrogens is 494 g/mol. The summed E-state index contributed by atoms with van der Waals surface area (Å²) in [6.45, 7) is 1.99. The summed E-state index contributed by atoms with van der Waals surface area (Å²) in [5, 5.41) is 9.60. The normalized spacial score (nSPS) is 14.0. The molecule has 4 aromatic heterocycles. The average molecular weight is 518 g/mol. The molecule has 0 bridgehead atoms. The molecule has 0 spiro atoms. The van der Waals surface area contributed by atoms with E-state index in [9.17, 15) is 0 Å². The summed E-state index contributed by atoms with van der Waals surface area (Å²) in [4.78, 5) is 14.0. The van der Waals surface area contributed by atoms with Gasteiger partial charge in [0.15, 0.2) is 23.0 Å². The topological polar surface area (TPSA) is 101 Å². The van der Waals surface area contributed by atoms with Gasteiger partial charge in [0.1, 0.15) is 6.33 Å². The van der Waals surface area contributed by atoms with Gasteiger partial charge in [-0.05, 0) is 48.9 Å². The minimum absolute atomic E-state index is 0.270. The fraction of sp³-hybridized carbons (Fsp3) is 0.138. The lowest BCUT2D eigenvalue weighted by molar-refractivity contribution is 0.355. The lowest BCUT2D eigenvalue weighted by Crippen LogP contribution is -2.16. The van der Waals surface area contributed by atoms with Crippen molar-refractivity contribution in [3.8, 4) is 40.3 Å². The van der Waals surface area contributed by atoms with Crippen LogP contribution in [0.3, 0.4) is 0 Å². The standard InChI is InChI=1S/C29H23N7O3/c1-17-23-24(19-8-7-13-30-15-19)25-27-32-26(18-11-12-21(37-2)22(14-18)38-3)34-35(27)16-31-28(25)39-29(23)36(33-17)20-9-5-4-6-10-20/h4-16,24H,1-3H3/t24-/m1/s1. The third kappa shape index (κ3) is 3.60. The van der Waals surface area contributed by atoms with Gasteiger partial charge in [-0.25, -0.2) is 19.2 Å². The molecule has 1 atom stereocenters. The molecule has 2 aromatic carbocycles. The van der Waals surface area contributed by atoms with E-state index in [1.165, 1.54) is 0 Å². The largest absolute Gasteiger partial charge is 0.493 e. The van der Waals surface area contributed by atoms with Crippen LogP contribution < -0.4 is 14.2 Å². The van der Waals surface area contributed by atoms with E-state index >= 15 is 0 Å². The van der Waals surface area contributed by atoms with Crippen molar-refractivity contribution < 1.29 is 14.2 Å². The number of fused-ring (bicyclic) bond motifs is 4. The number of para-hydroxylation sites is 1. The summed E-state index contributed by atoms with van der Waals surface area (Å²) in [5.74, 6) is 2.56. The van der Waals surface area contributed by atoms with Gasteiger partial charge >= 0.3 is 0 Å². The molecule has 0 unspecified atom stereocenters. The van der Waals surface area contributed by atoms with Crippen LogP contribution in [0.5, 0.6) is 23.3 Å². The zero-order valence-corrected chi connectivity index (χ0v) is 21.4. The summed E-state index contributed by atoms with van der Waals surface area (Å²) in [5.41, 5.74) is 5.87. The third-order valence-electron chi connectivity index (χ3n) is 6.88. The van der Waals surface area contributed by atoms with Crippen molar-refractivity contribution in [3.63, 3.8) is 0 Å². The number of rotatable bonds is 5. The summed E-state index contributed by atoms with van der Waals surface area (Å²) in [6.07, 6.45) is 5.24. The molecule has 7 rings (SSSR count). The first-order chi connectivity index (χ1) is 19.2. The second kappa shape index (κ2) is 8.95. The maximum absolute atomic E-state index is 6.48. The van der Waals surface area contributed by atoms with Gasteiger partial charge in [0.25, 0.3) is 0 Å². The molecule has 10 heteroatoms. The molecule has 39 heavy (non-hydrogen) atoms. The second-order valence-corrected chi connectivity index (χ2v) is 9.11. The van der Waals surface area contributed by atoms with E-state index in [-0.39, 0.29) is 5.92 Å². The molecule has 10 nitrogen and oxygen atoms in total. The summed E-state index contributed by atoms with van der Waals surface area (Å²) in [6, 6.07) is 19.5. The predicted octanol–water partition coefficient (Wildman–Crippen LogP) is 4.98. The molecule has 0 aliphatic carbocycles. The molecule has 192 valence electrons. The first kappa shape index (κ1) is 22.9. The molecule has 0 fully saturated rings. The van der Waals surface area contributed by atoms with Crippen LogP contribution in [0.2, 0.25) is 0 Å². The number of nitrogens with zero attached hydrogens (tertiary/aromatic N) is 7. The zero-order valence-electron chi connectivity index (χ0n) is 21.4. The highest BCUT2D eigenvalue weighted by atomic mass is 16.5. The lowest BCUT2D eigenvalue weighted by Gasteiger charge is -2.26. The Labute approximate surface area is 223 Å². The van der Waals surface area contributed by atoms with E-state index < -0.39 is 0 Å². The smallest absolute Gasteiger partial charge is 0.230 e. The van der Waals surface area contributed by atoms with Gasteiger partial charge in [0, 0.05) is 18.0 Å². The minimum Gasteiger partial charge on any atom is -0.493 e. The summed E-state index contributed by atoms with van der Waals surface area (Å²) >= 11 is 0. The molecule has 1 aliphatic rings. The number of aromatic nitrogens is 7. The van der Waals surface area contributed by atoms with Gasteiger partial charge in [-0.2, -0.15) is 5.10 Å². The van der Waals surface area contributed by atoms with Crippen molar-refractivity contribution in [1.82, 2.24) is 34.3 Å². The lowest BCUT2D eigenvalue weighted by atomic mass is 9.85. The average Bonchev–Trinajstić information content (AvgIpc) is 3.58. The SMILES string of the molecule is COc1ccc(-c2nc3c4c(ncn3n2)Oc2c(c(C)nn2-c2ccccc2)[C@H]4c2cccnc2)cc1OC. The summed E-state index contributed by atoms with van der Waals surface area (Å²) < 4.78 is 20.9. The number of aryl methyl sites for hydroxylation is 1. The van der Waals surface area contributed by atoms with Crippen molar-refractivity contribution in [3.05, 3.63) is 102 Å². The van der Waals surface area contributed by atoms with Crippen LogP contribution in [-0.2, 0) is 0 Å². The maximum Gasteiger partial charge on any atom is 0.230 e. The molecule has 0 saturated carbocycles. The van der Waals surface area contributed by atoms with Gasteiger partial charge in [0.2, 0.25) is 11.8 Å². The number of methoxy groups -OCH3 is 2. The highest BCUT2D eigenvalue weighted by Gasteiger charge is 2.38. The predicted molar refractivity (Wildman–Crippen MR) is 143 cm³/mol. The monoisotopic (exact) mass is 517 g/mol. The Morgan fingerprint density at radius 3 is 2.51 bits per heavy atom. The van der Waals surface area contributed by atoms with Crippen molar-refractivity contribution in [2.75, 3.05) is 14.2 Å². The highest BCUT2D eigenvalue weighted by Crippen LogP contribution is 2.49. The highest BCUT2D eigenvalue weighted by molar-refractivity contribution is 5.69. The molecule has 0 radical (unpaired) electrons. The van der Waals surface area contributed by atoms with Crippen molar-refractivity contribution in [1.29, 1.82) is 0 Å². The number of pyridine rings is 1. The van der Waals surface area contributed by atoms with Gasteiger partial charge in [-0.3, -0.25) is 4.98 Å². The fourth-order valence-corrected chi connectivity index (χ4v) is 5.10. The van der Waals surface area contributed by atoms with Crippen LogP contribution in [-0.4, -0.2) is 48.6 Å².